The maximum atomic E-state index is 9.47. The van der Waals surface area contributed by atoms with Crippen molar-refractivity contribution >= 4 is 29.6 Å². The molecule has 0 unspecified atom stereocenters. The maximum Gasteiger partial charge on any atom is 0.207 e. The van der Waals surface area contributed by atoms with E-state index in [2.05, 4.69) is 18.0 Å². The van der Waals surface area contributed by atoms with Crippen molar-refractivity contribution in [3.05, 3.63) is 14.9 Å². The summed E-state index contributed by atoms with van der Waals surface area (Å²) in [6.07, 6.45) is 13.1. The van der Waals surface area contributed by atoms with Gasteiger partial charge in [-0.1, -0.05) is 45.1 Å². The highest BCUT2D eigenvalue weighted by Crippen LogP contribution is 2.23. The Balaban J connectivity index is 2.14. The van der Waals surface area contributed by atoms with Gasteiger partial charge in [-0.25, -0.2) is 0 Å². The van der Waals surface area contributed by atoms with E-state index in [4.69, 9.17) is 12.2 Å². The van der Waals surface area contributed by atoms with Crippen molar-refractivity contribution in [3.63, 3.8) is 0 Å². The van der Waals surface area contributed by atoms with Gasteiger partial charge in [0.25, 0.3) is 0 Å². The second kappa shape index (κ2) is 8.48. The van der Waals surface area contributed by atoms with E-state index < -0.39 is 0 Å². The van der Waals surface area contributed by atoms with E-state index in [1.165, 1.54) is 49.9 Å². The average molecular weight is 271 g/mol. The highest BCUT2D eigenvalue weighted by Gasteiger charge is 1.99. The first-order valence-electron chi connectivity index (χ1n) is 6.32. The SMILES string of the molecule is CCCCCCCC/C=C\c1sc(=S)[nH]c1O. The minimum atomic E-state index is 0.194. The molecule has 0 atom stereocenters. The van der Waals surface area contributed by atoms with Crippen LogP contribution in [-0.4, -0.2) is 10.1 Å². The van der Waals surface area contributed by atoms with Crippen LogP contribution in [0.4, 0.5) is 0 Å². The molecule has 0 aromatic carbocycles. The quantitative estimate of drug-likeness (QED) is 0.499. The van der Waals surface area contributed by atoms with Crippen molar-refractivity contribution in [3.8, 4) is 5.88 Å². The molecule has 0 amide bonds. The molecule has 0 aliphatic rings. The number of aromatic nitrogens is 1. The van der Waals surface area contributed by atoms with Crippen LogP contribution in [-0.2, 0) is 0 Å². The Kier molecular flexibility index (Phi) is 7.21. The topological polar surface area (TPSA) is 36.0 Å². The molecule has 1 heterocycles. The van der Waals surface area contributed by atoms with Crippen LogP contribution in [0.5, 0.6) is 5.88 Å². The summed E-state index contributed by atoms with van der Waals surface area (Å²) in [7, 11) is 0. The third kappa shape index (κ3) is 6.03. The first-order valence-corrected chi connectivity index (χ1v) is 7.55. The molecule has 0 saturated heterocycles. The van der Waals surface area contributed by atoms with E-state index in [-0.39, 0.29) is 5.88 Å². The van der Waals surface area contributed by atoms with Gasteiger partial charge < -0.3 is 10.1 Å². The fourth-order valence-electron chi connectivity index (χ4n) is 1.68. The molecule has 2 nitrogen and oxygen atoms in total. The minimum Gasteiger partial charge on any atom is -0.494 e. The van der Waals surface area contributed by atoms with Crippen molar-refractivity contribution in [2.45, 2.75) is 51.9 Å². The van der Waals surface area contributed by atoms with Gasteiger partial charge in [-0.2, -0.15) is 0 Å². The van der Waals surface area contributed by atoms with E-state index in [1.807, 2.05) is 6.08 Å². The average Bonchev–Trinajstić information content (AvgIpc) is 2.61. The van der Waals surface area contributed by atoms with Gasteiger partial charge in [-0.05, 0) is 31.1 Å². The van der Waals surface area contributed by atoms with E-state index >= 15 is 0 Å². The molecule has 0 saturated carbocycles. The first kappa shape index (κ1) is 14.5. The third-order valence-corrected chi connectivity index (χ3v) is 3.84. The van der Waals surface area contributed by atoms with Gasteiger partial charge in [0.15, 0.2) is 3.95 Å². The Hall–Kier alpha value is -0.610. The summed E-state index contributed by atoms with van der Waals surface area (Å²) in [5.74, 6) is 0.194. The molecule has 0 radical (unpaired) electrons. The van der Waals surface area contributed by atoms with Crippen LogP contribution in [0.2, 0.25) is 0 Å². The van der Waals surface area contributed by atoms with Crippen molar-refractivity contribution < 1.29 is 5.11 Å². The number of allylic oxidation sites excluding steroid dienone is 1. The lowest BCUT2D eigenvalue weighted by atomic mass is 10.1. The number of unbranched alkanes of at least 4 members (excludes halogenated alkanes) is 6. The lowest BCUT2D eigenvalue weighted by Gasteiger charge is -1.97. The molecule has 1 rings (SSSR count). The summed E-state index contributed by atoms with van der Waals surface area (Å²) in [6.45, 7) is 2.24. The lowest BCUT2D eigenvalue weighted by Crippen LogP contribution is -1.77. The summed E-state index contributed by atoms with van der Waals surface area (Å²) in [4.78, 5) is 3.55. The molecule has 17 heavy (non-hydrogen) atoms. The molecular weight excluding hydrogens is 250 g/mol. The van der Waals surface area contributed by atoms with Crippen LogP contribution in [0.25, 0.3) is 6.08 Å². The predicted octanol–water partition coefficient (Wildman–Crippen LogP) is 5.28. The molecule has 4 heteroatoms. The van der Waals surface area contributed by atoms with E-state index in [0.717, 1.165) is 11.3 Å². The van der Waals surface area contributed by atoms with Crippen molar-refractivity contribution in [1.82, 2.24) is 4.98 Å². The number of thiazole rings is 1. The Morgan fingerprint density at radius 1 is 1.24 bits per heavy atom. The minimum absolute atomic E-state index is 0.194. The van der Waals surface area contributed by atoms with Gasteiger partial charge in [0, 0.05) is 0 Å². The molecule has 1 aromatic rings. The van der Waals surface area contributed by atoms with Crippen molar-refractivity contribution in [2.75, 3.05) is 0 Å². The van der Waals surface area contributed by atoms with E-state index in [0.29, 0.717) is 3.95 Å². The fourth-order valence-corrected chi connectivity index (χ4v) is 2.70. The monoisotopic (exact) mass is 271 g/mol. The number of aromatic amines is 1. The Morgan fingerprint density at radius 3 is 2.59 bits per heavy atom. The second-order valence-corrected chi connectivity index (χ2v) is 5.91. The Labute approximate surface area is 112 Å². The standard InChI is InChI=1S/C13H21NOS2/c1-2-3-4-5-6-7-8-9-10-11-12(15)14-13(16)17-11/h9-10,15H,2-8H2,1H3,(H,14,16)/b10-9-. The smallest absolute Gasteiger partial charge is 0.207 e. The summed E-state index contributed by atoms with van der Waals surface area (Å²) in [5, 5.41) is 9.47. The van der Waals surface area contributed by atoms with Gasteiger partial charge in [0.2, 0.25) is 5.88 Å². The van der Waals surface area contributed by atoms with Gasteiger partial charge >= 0.3 is 0 Å². The van der Waals surface area contributed by atoms with Crippen LogP contribution in [0.15, 0.2) is 6.08 Å². The number of aromatic hydroxyl groups is 1. The molecule has 0 spiro atoms. The third-order valence-electron chi connectivity index (χ3n) is 2.65. The number of H-pyrrole nitrogens is 1. The molecule has 1 aromatic heterocycles. The summed E-state index contributed by atoms with van der Waals surface area (Å²) >= 11 is 6.36. The number of nitrogens with one attached hydrogen (secondary N) is 1. The summed E-state index contributed by atoms with van der Waals surface area (Å²) < 4.78 is 0.627. The zero-order chi connectivity index (χ0) is 12.5. The van der Waals surface area contributed by atoms with Gasteiger partial charge in [0.1, 0.15) is 0 Å². The van der Waals surface area contributed by atoms with Crippen LogP contribution in [0.1, 0.15) is 56.7 Å². The van der Waals surface area contributed by atoms with Crippen LogP contribution >= 0.6 is 23.6 Å². The molecular formula is C13H21NOS2. The predicted molar refractivity (Wildman–Crippen MR) is 78.2 cm³/mol. The van der Waals surface area contributed by atoms with Crippen LogP contribution in [0.3, 0.4) is 0 Å². The highest BCUT2D eigenvalue weighted by atomic mass is 32.1. The molecule has 0 aliphatic heterocycles. The van der Waals surface area contributed by atoms with Crippen LogP contribution in [0, 0.1) is 3.95 Å². The number of hydrogen-bond donors (Lipinski definition) is 2. The Bertz CT molecular complexity index is 392. The summed E-state index contributed by atoms with van der Waals surface area (Å²) in [6, 6.07) is 0. The van der Waals surface area contributed by atoms with E-state index in [9.17, 15) is 5.11 Å². The van der Waals surface area contributed by atoms with Crippen LogP contribution < -0.4 is 0 Å². The molecule has 0 fully saturated rings. The summed E-state index contributed by atoms with van der Waals surface area (Å²) in [5.41, 5.74) is 0. The van der Waals surface area contributed by atoms with Gasteiger partial charge in [-0.3, -0.25) is 0 Å². The molecule has 2 N–H and O–H groups in total. The fraction of sp³-hybridized carbons (Fsp3) is 0.615. The second-order valence-electron chi connectivity index (χ2n) is 4.19. The largest absolute Gasteiger partial charge is 0.494 e. The highest BCUT2D eigenvalue weighted by molar-refractivity contribution is 7.73. The van der Waals surface area contributed by atoms with Crippen molar-refractivity contribution in [2.24, 2.45) is 0 Å². The van der Waals surface area contributed by atoms with E-state index in [1.54, 1.807) is 0 Å². The van der Waals surface area contributed by atoms with Crippen molar-refractivity contribution in [1.29, 1.82) is 0 Å². The molecule has 0 aliphatic carbocycles. The zero-order valence-corrected chi connectivity index (χ0v) is 12.0. The molecule has 0 bridgehead atoms. The maximum absolute atomic E-state index is 9.47. The van der Waals surface area contributed by atoms with Gasteiger partial charge in [-0.15, -0.1) is 11.3 Å². The first-order chi connectivity index (χ1) is 8.24. The Morgan fingerprint density at radius 2 is 1.94 bits per heavy atom. The van der Waals surface area contributed by atoms with Gasteiger partial charge in [0.05, 0.1) is 4.88 Å². The number of hydrogen-bond acceptors (Lipinski definition) is 3. The lowest BCUT2D eigenvalue weighted by molar-refractivity contribution is 0.456. The normalized spacial score (nSPS) is 11.4. The number of rotatable bonds is 8. The molecule has 96 valence electrons. The zero-order valence-electron chi connectivity index (χ0n) is 10.4.